The molecule has 0 unspecified atom stereocenters. The van der Waals surface area contributed by atoms with E-state index in [-0.39, 0.29) is 12.5 Å². The number of rotatable bonds is 3. The van der Waals surface area contributed by atoms with Crippen molar-refractivity contribution in [3.63, 3.8) is 0 Å². The molecule has 3 rings (SSSR count). The highest BCUT2D eigenvalue weighted by atomic mass is 16.4. The van der Waals surface area contributed by atoms with Crippen LogP contribution >= 0.6 is 0 Å². The monoisotopic (exact) mass is 283 g/mol. The van der Waals surface area contributed by atoms with Gasteiger partial charge in [0, 0.05) is 18.9 Å². The first-order valence-electron chi connectivity index (χ1n) is 6.43. The van der Waals surface area contributed by atoms with E-state index in [1.165, 1.54) is 9.47 Å². The third-order valence-electron chi connectivity index (χ3n) is 3.24. The van der Waals surface area contributed by atoms with Gasteiger partial charge in [-0.3, -0.25) is 4.79 Å². The Morgan fingerprint density at radius 1 is 1.24 bits per heavy atom. The van der Waals surface area contributed by atoms with Crippen LogP contribution < -0.4 is 10.7 Å². The first kappa shape index (κ1) is 13.1. The number of hydrogen-bond donors (Lipinski definition) is 0. The van der Waals surface area contributed by atoms with Crippen LogP contribution in [0.25, 0.3) is 11.2 Å². The predicted molar refractivity (Wildman–Crippen MR) is 78.1 cm³/mol. The Balaban J connectivity index is 1.90. The smallest absolute Gasteiger partial charge is 0.406 e. The zero-order valence-electron chi connectivity index (χ0n) is 11.4. The van der Waals surface area contributed by atoms with Gasteiger partial charge in [0.25, 0.3) is 0 Å². The molecule has 0 fully saturated rings. The van der Waals surface area contributed by atoms with Crippen molar-refractivity contribution in [3.05, 3.63) is 59.2 Å². The summed E-state index contributed by atoms with van der Waals surface area (Å²) in [5.41, 5.74) is 1.51. The topological polar surface area (TPSA) is 68.3 Å². The van der Waals surface area contributed by atoms with Gasteiger partial charge in [-0.1, -0.05) is 18.2 Å². The highest BCUT2D eigenvalue weighted by molar-refractivity contribution is 5.93. The lowest BCUT2D eigenvalue weighted by molar-refractivity contribution is -0.118. The predicted octanol–water partition coefficient (Wildman–Crippen LogP) is 1.65. The zero-order valence-corrected chi connectivity index (χ0v) is 11.4. The Morgan fingerprint density at radius 2 is 2.00 bits per heavy atom. The van der Waals surface area contributed by atoms with Crippen molar-refractivity contribution in [1.29, 1.82) is 0 Å². The second-order valence-electron chi connectivity index (χ2n) is 4.57. The summed E-state index contributed by atoms with van der Waals surface area (Å²) in [6.07, 6.45) is 1.55. The number of carbonyl (C=O) groups is 1. The van der Waals surface area contributed by atoms with Crippen molar-refractivity contribution in [2.24, 2.45) is 0 Å². The van der Waals surface area contributed by atoms with Gasteiger partial charge in [-0.15, -0.1) is 0 Å². The van der Waals surface area contributed by atoms with E-state index in [1.807, 2.05) is 30.3 Å². The van der Waals surface area contributed by atoms with Crippen LogP contribution in [-0.2, 0) is 11.3 Å². The quantitative estimate of drug-likeness (QED) is 0.733. The number of fused-ring (bicyclic) bond motifs is 1. The molecule has 0 aliphatic heterocycles. The molecule has 1 aromatic carbocycles. The van der Waals surface area contributed by atoms with Crippen LogP contribution in [0.2, 0.25) is 0 Å². The van der Waals surface area contributed by atoms with Gasteiger partial charge in [0.2, 0.25) is 5.91 Å². The summed E-state index contributed by atoms with van der Waals surface area (Å²) >= 11 is 0. The van der Waals surface area contributed by atoms with Gasteiger partial charge < -0.3 is 9.32 Å². The summed E-state index contributed by atoms with van der Waals surface area (Å²) in [5, 5.41) is 0. The molecule has 0 N–H and O–H groups in total. The minimum absolute atomic E-state index is 0.117. The standard InChI is InChI=1S/C15H13N3O3/c1-17(11-6-3-2-4-7-11)13(19)10-18-14-12(21-15(18)20)8-5-9-16-14/h2-9H,10H2,1H3. The molecule has 0 saturated carbocycles. The number of oxazole rings is 1. The normalized spacial score (nSPS) is 10.7. The van der Waals surface area contributed by atoms with Crippen LogP contribution in [0.5, 0.6) is 0 Å². The van der Waals surface area contributed by atoms with E-state index in [4.69, 9.17) is 4.42 Å². The molecular weight excluding hydrogens is 270 g/mol. The van der Waals surface area contributed by atoms with E-state index < -0.39 is 5.76 Å². The first-order chi connectivity index (χ1) is 10.2. The van der Waals surface area contributed by atoms with Gasteiger partial charge in [0.05, 0.1) is 0 Å². The molecule has 0 aliphatic rings. The molecule has 6 nitrogen and oxygen atoms in total. The molecule has 0 atom stereocenters. The molecule has 2 heterocycles. The van der Waals surface area contributed by atoms with E-state index in [9.17, 15) is 9.59 Å². The minimum Gasteiger partial charge on any atom is -0.406 e. The molecule has 0 saturated heterocycles. The molecular formula is C15H13N3O3. The minimum atomic E-state index is -0.585. The second kappa shape index (κ2) is 5.24. The van der Waals surface area contributed by atoms with E-state index >= 15 is 0 Å². The Kier molecular flexibility index (Phi) is 3.27. The third-order valence-corrected chi connectivity index (χ3v) is 3.24. The SMILES string of the molecule is CN(C(=O)Cn1c(=O)oc2cccnc21)c1ccccc1. The maximum atomic E-state index is 12.3. The largest absolute Gasteiger partial charge is 0.421 e. The fourth-order valence-corrected chi connectivity index (χ4v) is 2.08. The summed E-state index contributed by atoms with van der Waals surface area (Å²) in [5.74, 6) is -0.810. The number of benzene rings is 1. The first-order valence-corrected chi connectivity index (χ1v) is 6.43. The maximum absolute atomic E-state index is 12.3. The Morgan fingerprint density at radius 3 is 2.76 bits per heavy atom. The lowest BCUT2D eigenvalue weighted by atomic mass is 10.3. The second-order valence-corrected chi connectivity index (χ2v) is 4.57. The molecule has 3 aromatic rings. The van der Waals surface area contributed by atoms with Gasteiger partial charge in [-0.05, 0) is 24.3 Å². The van der Waals surface area contributed by atoms with E-state index in [0.717, 1.165) is 5.69 Å². The molecule has 1 amide bonds. The molecule has 2 aromatic heterocycles. The zero-order chi connectivity index (χ0) is 14.8. The van der Waals surface area contributed by atoms with Crippen molar-refractivity contribution < 1.29 is 9.21 Å². The number of pyridine rings is 1. The number of para-hydroxylation sites is 1. The molecule has 0 radical (unpaired) electrons. The number of amides is 1. The molecule has 21 heavy (non-hydrogen) atoms. The number of aromatic nitrogens is 2. The highest BCUT2D eigenvalue weighted by Crippen LogP contribution is 2.13. The number of nitrogens with zero attached hydrogens (tertiary/aromatic N) is 3. The van der Waals surface area contributed by atoms with Crippen LogP contribution in [0, 0.1) is 0 Å². The molecule has 6 heteroatoms. The molecule has 106 valence electrons. The number of hydrogen-bond acceptors (Lipinski definition) is 4. The maximum Gasteiger partial charge on any atom is 0.421 e. The highest BCUT2D eigenvalue weighted by Gasteiger charge is 2.16. The van der Waals surface area contributed by atoms with Crippen LogP contribution in [0.1, 0.15) is 0 Å². The van der Waals surface area contributed by atoms with Crippen LogP contribution in [0.3, 0.4) is 0 Å². The van der Waals surface area contributed by atoms with Gasteiger partial charge >= 0.3 is 5.76 Å². The average Bonchev–Trinajstić information content (AvgIpc) is 2.83. The van der Waals surface area contributed by atoms with Gasteiger partial charge in [0.15, 0.2) is 11.2 Å². The summed E-state index contributed by atoms with van der Waals surface area (Å²) < 4.78 is 6.29. The average molecular weight is 283 g/mol. The van der Waals surface area contributed by atoms with Crippen molar-refractivity contribution in [2.45, 2.75) is 6.54 Å². The summed E-state index contributed by atoms with van der Waals surface area (Å²) in [4.78, 5) is 29.7. The van der Waals surface area contributed by atoms with Gasteiger partial charge in [-0.2, -0.15) is 0 Å². The van der Waals surface area contributed by atoms with Crippen molar-refractivity contribution in [2.75, 3.05) is 11.9 Å². The lowest BCUT2D eigenvalue weighted by Gasteiger charge is -2.17. The molecule has 0 spiro atoms. The summed E-state index contributed by atoms with van der Waals surface area (Å²) in [6, 6.07) is 12.5. The van der Waals surface area contributed by atoms with Crippen LogP contribution in [0.4, 0.5) is 5.69 Å². The van der Waals surface area contributed by atoms with Crippen LogP contribution in [0.15, 0.2) is 57.9 Å². The van der Waals surface area contributed by atoms with Gasteiger partial charge in [0.1, 0.15) is 6.54 Å². The van der Waals surface area contributed by atoms with Crippen molar-refractivity contribution in [1.82, 2.24) is 9.55 Å². The Labute approximate surface area is 120 Å². The van der Waals surface area contributed by atoms with Gasteiger partial charge in [-0.25, -0.2) is 14.3 Å². The van der Waals surface area contributed by atoms with E-state index in [0.29, 0.717) is 11.2 Å². The number of carbonyl (C=O) groups excluding carboxylic acids is 1. The molecule has 0 bridgehead atoms. The van der Waals surface area contributed by atoms with Crippen molar-refractivity contribution >= 4 is 22.8 Å². The number of anilines is 1. The van der Waals surface area contributed by atoms with Crippen molar-refractivity contribution in [3.8, 4) is 0 Å². The summed E-state index contributed by atoms with van der Waals surface area (Å²) in [6.45, 7) is -0.117. The van der Waals surface area contributed by atoms with E-state index in [1.54, 1.807) is 25.4 Å². The summed E-state index contributed by atoms with van der Waals surface area (Å²) in [7, 11) is 1.67. The fraction of sp³-hybridized carbons (Fsp3) is 0.133. The van der Waals surface area contributed by atoms with Crippen LogP contribution in [-0.4, -0.2) is 22.5 Å². The van der Waals surface area contributed by atoms with E-state index in [2.05, 4.69) is 4.98 Å². The number of likely N-dealkylation sites (N-methyl/N-ethyl adjacent to an activating group) is 1. The fourth-order valence-electron chi connectivity index (χ4n) is 2.08. The Hall–Kier alpha value is -2.89. The molecule has 0 aliphatic carbocycles. The Bertz CT molecular complexity index is 836. The third kappa shape index (κ3) is 2.43. The lowest BCUT2D eigenvalue weighted by Crippen LogP contribution is -2.32.